The van der Waals surface area contributed by atoms with Crippen LogP contribution >= 0.6 is 0 Å². The number of carbonyl (C=O) groups excluding carboxylic acids is 1. The zero-order valence-corrected chi connectivity index (χ0v) is 15.3. The van der Waals surface area contributed by atoms with Crippen molar-refractivity contribution in [1.82, 2.24) is 0 Å². The van der Waals surface area contributed by atoms with E-state index < -0.39 is 12.2 Å². The van der Waals surface area contributed by atoms with Gasteiger partial charge in [-0.1, -0.05) is 63.9 Å². The van der Waals surface area contributed by atoms with E-state index in [1.54, 1.807) is 6.92 Å². The van der Waals surface area contributed by atoms with Crippen molar-refractivity contribution < 1.29 is 14.6 Å². The molecule has 0 spiro atoms. The molecule has 24 heavy (non-hydrogen) atoms. The van der Waals surface area contributed by atoms with Gasteiger partial charge in [0.1, 0.15) is 12.2 Å². The van der Waals surface area contributed by atoms with Crippen molar-refractivity contribution >= 4 is 5.97 Å². The molecule has 0 radical (unpaired) electrons. The Morgan fingerprint density at radius 1 is 1.00 bits per heavy atom. The molecule has 2 unspecified atom stereocenters. The van der Waals surface area contributed by atoms with Gasteiger partial charge in [0.15, 0.2) is 0 Å². The minimum absolute atomic E-state index is 0.353. The highest BCUT2D eigenvalue weighted by molar-refractivity contribution is 5.92. The van der Waals surface area contributed by atoms with E-state index in [-0.39, 0.29) is 5.97 Å². The summed E-state index contributed by atoms with van der Waals surface area (Å²) < 4.78 is 4.99. The third kappa shape index (κ3) is 8.55. The van der Waals surface area contributed by atoms with Crippen LogP contribution < -0.4 is 0 Å². The summed E-state index contributed by atoms with van der Waals surface area (Å²) >= 11 is 0. The van der Waals surface area contributed by atoms with Crippen LogP contribution in [-0.4, -0.2) is 23.3 Å². The van der Waals surface area contributed by atoms with Crippen molar-refractivity contribution in [2.24, 2.45) is 0 Å². The molecule has 0 amide bonds. The van der Waals surface area contributed by atoms with E-state index in [0.717, 1.165) is 19.3 Å². The minimum Gasteiger partial charge on any atom is -0.456 e. The third-order valence-corrected chi connectivity index (χ3v) is 4.68. The summed E-state index contributed by atoms with van der Waals surface area (Å²) in [7, 11) is 0. The van der Waals surface area contributed by atoms with Crippen LogP contribution in [0.4, 0.5) is 0 Å². The second-order valence-electron chi connectivity index (χ2n) is 6.85. The summed E-state index contributed by atoms with van der Waals surface area (Å²) in [6.07, 6.45) is 21.7. The number of rotatable bonds is 13. The number of aliphatic hydroxyl groups excluding tert-OH is 1. The summed E-state index contributed by atoms with van der Waals surface area (Å²) in [6, 6.07) is 0. The minimum atomic E-state index is -0.746. The Kier molecular flexibility index (Phi) is 11.3. The van der Waals surface area contributed by atoms with E-state index in [2.05, 4.69) is 5.92 Å². The van der Waals surface area contributed by atoms with E-state index in [1.807, 2.05) is 6.08 Å². The lowest BCUT2D eigenvalue weighted by Crippen LogP contribution is -2.17. The molecule has 1 fully saturated rings. The molecule has 0 aromatic carbocycles. The number of hydrogen-bond acceptors (Lipinski definition) is 3. The van der Waals surface area contributed by atoms with Crippen molar-refractivity contribution in [3.8, 4) is 12.3 Å². The maximum atomic E-state index is 11.5. The Labute approximate surface area is 147 Å². The maximum absolute atomic E-state index is 11.5. The molecule has 0 aromatic heterocycles. The van der Waals surface area contributed by atoms with Crippen LogP contribution in [0.15, 0.2) is 11.6 Å². The summed E-state index contributed by atoms with van der Waals surface area (Å²) in [5, 5.41) is 9.81. The number of terminal acetylenes is 1. The Morgan fingerprint density at radius 2 is 1.50 bits per heavy atom. The quantitative estimate of drug-likeness (QED) is 0.225. The SMILES string of the molecule is C#CCCCCCCCCCCCCC/C=C1\C(=O)OC(C)C1O. The van der Waals surface area contributed by atoms with Gasteiger partial charge in [-0.05, 0) is 26.2 Å². The number of hydrogen-bond donors (Lipinski definition) is 1. The van der Waals surface area contributed by atoms with E-state index in [0.29, 0.717) is 5.57 Å². The predicted molar refractivity (Wildman–Crippen MR) is 98.5 cm³/mol. The monoisotopic (exact) mass is 334 g/mol. The van der Waals surface area contributed by atoms with Gasteiger partial charge in [0.05, 0.1) is 5.57 Å². The molecule has 136 valence electrons. The average molecular weight is 334 g/mol. The fourth-order valence-electron chi connectivity index (χ4n) is 3.10. The molecule has 1 N–H and O–H groups in total. The van der Waals surface area contributed by atoms with Gasteiger partial charge in [0.25, 0.3) is 0 Å². The highest BCUT2D eigenvalue weighted by atomic mass is 16.6. The fourth-order valence-corrected chi connectivity index (χ4v) is 3.10. The van der Waals surface area contributed by atoms with Crippen LogP contribution in [0.3, 0.4) is 0 Å². The molecule has 0 saturated carbocycles. The molecule has 0 bridgehead atoms. The smallest absolute Gasteiger partial charge is 0.336 e. The summed E-state index contributed by atoms with van der Waals surface area (Å²) in [5.41, 5.74) is 0.449. The first kappa shape index (κ1) is 20.8. The van der Waals surface area contributed by atoms with Gasteiger partial charge in [-0.25, -0.2) is 4.79 Å². The van der Waals surface area contributed by atoms with Crippen molar-refractivity contribution in [2.75, 3.05) is 0 Å². The molecule has 1 rings (SSSR count). The molecular weight excluding hydrogens is 300 g/mol. The zero-order chi connectivity index (χ0) is 17.6. The van der Waals surface area contributed by atoms with Gasteiger partial charge in [-0.2, -0.15) is 0 Å². The Hall–Kier alpha value is -1.27. The fraction of sp³-hybridized carbons (Fsp3) is 0.762. The number of unbranched alkanes of at least 4 members (excludes halogenated alkanes) is 12. The largest absolute Gasteiger partial charge is 0.456 e. The van der Waals surface area contributed by atoms with Crippen LogP contribution in [-0.2, 0) is 9.53 Å². The summed E-state index contributed by atoms with van der Waals surface area (Å²) in [5.74, 6) is 2.34. The van der Waals surface area contributed by atoms with Crippen molar-refractivity contribution in [3.63, 3.8) is 0 Å². The van der Waals surface area contributed by atoms with Gasteiger partial charge in [0.2, 0.25) is 0 Å². The van der Waals surface area contributed by atoms with Crippen LogP contribution in [0.25, 0.3) is 0 Å². The van der Waals surface area contributed by atoms with Crippen LogP contribution in [0, 0.1) is 12.3 Å². The maximum Gasteiger partial charge on any atom is 0.336 e. The van der Waals surface area contributed by atoms with Gasteiger partial charge < -0.3 is 9.84 Å². The van der Waals surface area contributed by atoms with E-state index in [9.17, 15) is 9.90 Å². The number of aliphatic hydroxyl groups is 1. The van der Waals surface area contributed by atoms with Crippen molar-refractivity contribution in [3.05, 3.63) is 11.6 Å². The van der Waals surface area contributed by atoms with E-state index in [1.165, 1.54) is 64.2 Å². The number of carbonyl (C=O) groups is 1. The number of cyclic esters (lactones) is 1. The molecule has 1 aliphatic heterocycles. The lowest BCUT2D eigenvalue weighted by molar-refractivity contribution is -0.138. The van der Waals surface area contributed by atoms with Crippen molar-refractivity contribution in [2.45, 2.75) is 103 Å². The molecule has 1 heterocycles. The number of esters is 1. The molecule has 3 heteroatoms. The first-order chi connectivity index (χ1) is 11.7. The number of ether oxygens (including phenoxy) is 1. The predicted octanol–water partition coefficient (Wildman–Crippen LogP) is 4.92. The van der Waals surface area contributed by atoms with Gasteiger partial charge in [-0.3, -0.25) is 0 Å². The van der Waals surface area contributed by atoms with Gasteiger partial charge in [0, 0.05) is 6.42 Å². The highest BCUT2D eigenvalue weighted by Gasteiger charge is 2.34. The van der Waals surface area contributed by atoms with E-state index >= 15 is 0 Å². The summed E-state index contributed by atoms with van der Waals surface area (Å²) in [4.78, 5) is 11.5. The Balaban J connectivity index is 1.88. The normalized spacial score (nSPS) is 21.9. The molecule has 2 atom stereocenters. The molecule has 1 aliphatic rings. The standard InChI is InChI=1S/C21H34O3/c1-3-4-5-6-7-8-9-10-11-12-13-14-15-16-17-19-20(22)18(2)24-21(19)23/h1,17-18,20,22H,4-16H2,2H3/b19-17-. The lowest BCUT2D eigenvalue weighted by atomic mass is 10.0. The third-order valence-electron chi connectivity index (χ3n) is 4.68. The molecule has 3 nitrogen and oxygen atoms in total. The molecule has 0 aromatic rings. The van der Waals surface area contributed by atoms with Gasteiger partial charge >= 0.3 is 5.97 Å². The Morgan fingerprint density at radius 3 is 1.96 bits per heavy atom. The first-order valence-corrected chi connectivity index (χ1v) is 9.69. The lowest BCUT2D eigenvalue weighted by Gasteiger charge is -2.05. The van der Waals surface area contributed by atoms with Crippen LogP contribution in [0.2, 0.25) is 0 Å². The second kappa shape index (κ2) is 13.1. The molecule has 0 aliphatic carbocycles. The zero-order valence-electron chi connectivity index (χ0n) is 15.3. The summed E-state index contributed by atoms with van der Waals surface area (Å²) in [6.45, 7) is 1.72. The van der Waals surface area contributed by atoms with Gasteiger partial charge in [-0.15, -0.1) is 12.3 Å². The molecular formula is C21H34O3. The highest BCUT2D eigenvalue weighted by Crippen LogP contribution is 2.22. The average Bonchev–Trinajstić information content (AvgIpc) is 2.81. The second-order valence-corrected chi connectivity index (χ2v) is 6.85. The molecule has 1 saturated heterocycles. The number of allylic oxidation sites excluding steroid dienone is 1. The van der Waals surface area contributed by atoms with E-state index in [4.69, 9.17) is 11.2 Å². The van der Waals surface area contributed by atoms with Crippen LogP contribution in [0.1, 0.15) is 90.4 Å². The Bertz CT molecular complexity index is 419. The topological polar surface area (TPSA) is 46.5 Å². The first-order valence-electron chi connectivity index (χ1n) is 9.69. The van der Waals surface area contributed by atoms with Crippen LogP contribution in [0.5, 0.6) is 0 Å². The van der Waals surface area contributed by atoms with Crippen molar-refractivity contribution in [1.29, 1.82) is 0 Å².